The molecule has 0 heterocycles. The van der Waals surface area contributed by atoms with Crippen LogP contribution in [0.2, 0.25) is 0 Å². The summed E-state index contributed by atoms with van der Waals surface area (Å²) in [5, 5.41) is 2.80. The summed E-state index contributed by atoms with van der Waals surface area (Å²) in [5.41, 5.74) is 6.09. The molecule has 0 aliphatic rings. The Balaban J connectivity index is 2.70. The van der Waals surface area contributed by atoms with Gasteiger partial charge in [0.15, 0.2) is 0 Å². The van der Waals surface area contributed by atoms with Gasteiger partial charge in [-0.15, -0.1) is 0 Å². The zero-order valence-electron chi connectivity index (χ0n) is 9.03. The van der Waals surface area contributed by atoms with Crippen LogP contribution in [0, 0.1) is 0 Å². The minimum Gasteiger partial charge on any atom is -0.462 e. The number of benzene rings is 1. The molecule has 86 valence electrons. The molecule has 0 atom stereocenters. The number of nitrogens with two attached hydrogens (primary N) is 1. The zero-order valence-corrected chi connectivity index (χ0v) is 9.03. The highest BCUT2D eigenvalue weighted by Gasteiger charge is 2.06. The molecular formula is C11H14N2O3. The van der Waals surface area contributed by atoms with E-state index in [0.717, 1.165) is 0 Å². The molecule has 0 bridgehead atoms. The Kier molecular flexibility index (Phi) is 4.32. The van der Waals surface area contributed by atoms with Gasteiger partial charge in [0.2, 0.25) is 5.91 Å². The third-order valence-corrected chi connectivity index (χ3v) is 1.84. The highest BCUT2D eigenvalue weighted by atomic mass is 16.5. The Bertz CT molecular complexity index is 391. The summed E-state index contributed by atoms with van der Waals surface area (Å²) in [5.74, 6) is -0.841. The molecule has 0 radical (unpaired) electrons. The predicted octanol–water partition coefficient (Wildman–Crippen LogP) is 0.760. The first kappa shape index (κ1) is 12.0. The van der Waals surface area contributed by atoms with Gasteiger partial charge in [0, 0.05) is 5.69 Å². The van der Waals surface area contributed by atoms with E-state index in [4.69, 9.17) is 10.5 Å². The molecule has 0 aromatic heterocycles. The monoisotopic (exact) mass is 222 g/mol. The molecule has 0 fully saturated rings. The maximum atomic E-state index is 11.4. The van der Waals surface area contributed by atoms with Gasteiger partial charge in [-0.2, -0.15) is 0 Å². The molecule has 5 nitrogen and oxygen atoms in total. The van der Waals surface area contributed by atoms with Gasteiger partial charge in [0.25, 0.3) is 0 Å². The van der Waals surface area contributed by atoms with E-state index in [1.54, 1.807) is 31.2 Å². The van der Waals surface area contributed by atoms with Crippen molar-refractivity contribution in [1.82, 2.24) is 0 Å². The lowest BCUT2D eigenvalue weighted by molar-refractivity contribution is -0.116. The number of anilines is 1. The summed E-state index contributed by atoms with van der Waals surface area (Å²) < 4.78 is 4.85. The standard InChI is InChI=1S/C11H14N2O3/c1-2-16-11(15)8-4-3-5-9(6-8)13-7-10(12)14/h3-6,13H,2,7H2,1H3,(H2,12,14). The lowest BCUT2D eigenvalue weighted by atomic mass is 10.2. The van der Waals surface area contributed by atoms with E-state index in [-0.39, 0.29) is 12.5 Å². The van der Waals surface area contributed by atoms with Crippen molar-refractivity contribution < 1.29 is 14.3 Å². The summed E-state index contributed by atoms with van der Waals surface area (Å²) in [6.45, 7) is 2.11. The zero-order chi connectivity index (χ0) is 12.0. The Labute approximate surface area is 93.6 Å². The van der Waals surface area contributed by atoms with E-state index >= 15 is 0 Å². The molecular weight excluding hydrogens is 208 g/mol. The molecule has 5 heteroatoms. The van der Waals surface area contributed by atoms with E-state index in [1.807, 2.05) is 0 Å². The highest BCUT2D eigenvalue weighted by Crippen LogP contribution is 2.11. The minimum atomic E-state index is -0.457. The second-order valence-corrected chi connectivity index (χ2v) is 3.12. The number of ether oxygens (including phenoxy) is 1. The van der Waals surface area contributed by atoms with Crippen molar-refractivity contribution in [2.45, 2.75) is 6.92 Å². The molecule has 0 spiro atoms. The van der Waals surface area contributed by atoms with E-state index in [0.29, 0.717) is 17.9 Å². The van der Waals surface area contributed by atoms with Gasteiger partial charge < -0.3 is 15.8 Å². The van der Waals surface area contributed by atoms with Crippen LogP contribution in [0.4, 0.5) is 5.69 Å². The number of carbonyl (C=O) groups is 2. The lowest BCUT2D eigenvalue weighted by Gasteiger charge is -2.06. The molecule has 0 aliphatic heterocycles. The van der Waals surface area contributed by atoms with Gasteiger partial charge in [-0.25, -0.2) is 4.79 Å². The van der Waals surface area contributed by atoms with Crippen LogP contribution in [0.5, 0.6) is 0 Å². The van der Waals surface area contributed by atoms with Crippen molar-refractivity contribution in [2.75, 3.05) is 18.5 Å². The maximum Gasteiger partial charge on any atom is 0.338 e. The van der Waals surface area contributed by atoms with Crippen molar-refractivity contribution in [3.8, 4) is 0 Å². The van der Waals surface area contributed by atoms with Crippen LogP contribution in [-0.2, 0) is 9.53 Å². The van der Waals surface area contributed by atoms with Crippen LogP contribution < -0.4 is 11.1 Å². The van der Waals surface area contributed by atoms with Crippen molar-refractivity contribution in [2.24, 2.45) is 5.73 Å². The highest BCUT2D eigenvalue weighted by molar-refractivity contribution is 5.90. The molecule has 0 saturated carbocycles. The maximum absolute atomic E-state index is 11.4. The normalized spacial score (nSPS) is 9.56. The quantitative estimate of drug-likeness (QED) is 0.721. The summed E-state index contributed by atoms with van der Waals surface area (Å²) in [7, 11) is 0. The third-order valence-electron chi connectivity index (χ3n) is 1.84. The summed E-state index contributed by atoms with van der Waals surface area (Å²) in [4.78, 5) is 22.0. The summed E-state index contributed by atoms with van der Waals surface area (Å²) in [6, 6.07) is 6.70. The number of esters is 1. The van der Waals surface area contributed by atoms with Crippen LogP contribution in [0.3, 0.4) is 0 Å². The van der Waals surface area contributed by atoms with Crippen LogP contribution in [0.15, 0.2) is 24.3 Å². The lowest BCUT2D eigenvalue weighted by Crippen LogP contribution is -2.21. The summed E-state index contributed by atoms with van der Waals surface area (Å²) >= 11 is 0. The fourth-order valence-corrected chi connectivity index (χ4v) is 1.16. The first-order valence-electron chi connectivity index (χ1n) is 4.93. The molecule has 0 aliphatic carbocycles. The number of nitrogens with one attached hydrogen (secondary N) is 1. The predicted molar refractivity (Wildman–Crippen MR) is 60.1 cm³/mol. The molecule has 3 N–H and O–H groups in total. The Morgan fingerprint density at radius 2 is 2.19 bits per heavy atom. The van der Waals surface area contributed by atoms with E-state index in [9.17, 15) is 9.59 Å². The van der Waals surface area contributed by atoms with Crippen molar-refractivity contribution in [3.63, 3.8) is 0 Å². The van der Waals surface area contributed by atoms with Crippen LogP contribution in [0.1, 0.15) is 17.3 Å². The average Bonchev–Trinajstić information content (AvgIpc) is 2.27. The average molecular weight is 222 g/mol. The second-order valence-electron chi connectivity index (χ2n) is 3.12. The van der Waals surface area contributed by atoms with Crippen LogP contribution in [-0.4, -0.2) is 25.0 Å². The molecule has 1 amide bonds. The smallest absolute Gasteiger partial charge is 0.338 e. The molecule has 1 aromatic carbocycles. The first-order valence-corrected chi connectivity index (χ1v) is 4.93. The van der Waals surface area contributed by atoms with Gasteiger partial charge in [-0.05, 0) is 25.1 Å². The fraction of sp³-hybridized carbons (Fsp3) is 0.273. The molecule has 16 heavy (non-hydrogen) atoms. The summed E-state index contributed by atoms with van der Waals surface area (Å²) in [6.07, 6.45) is 0. The topological polar surface area (TPSA) is 81.4 Å². The number of rotatable bonds is 5. The molecule has 0 unspecified atom stereocenters. The van der Waals surface area contributed by atoms with Crippen molar-refractivity contribution >= 4 is 17.6 Å². The molecule has 0 saturated heterocycles. The van der Waals surface area contributed by atoms with Crippen molar-refractivity contribution in [3.05, 3.63) is 29.8 Å². The SMILES string of the molecule is CCOC(=O)c1cccc(NCC(N)=O)c1. The Morgan fingerprint density at radius 1 is 1.44 bits per heavy atom. The van der Waals surface area contributed by atoms with Gasteiger partial charge in [-0.3, -0.25) is 4.79 Å². The Hall–Kier alpha value is -2.04. The van der Waals surface area contributed by atoms with Crippen LogP contribution >= 0.6 is 0 Å². The van der Waals surface area contributed by atoms with E-state index in [1.165, 1.54) is 0 Å². The van der Waals surface area contributed by atoms with Crippen molar-refractivity contribution in [1.29, 1.82) is 0 Å². The third kappa shape index (κ3) is 3.61. The van der Waals surface area contributed by atoms with Crippen LogP contribution in [0.25, 0.3) is 0 Å². The molecule has 1 aromatic rings. The second kappa shape index (κ2) is 5.75. The fourth-order valence-electron chi connectivity index (χ4n) is 1.16. The van der Waals surface area contributed by atoms with Gasteiger partial charge in [0.05, 0.1) is 18.7 Å². The number of primary amides is 1. The van der Waals surface area contributed by atoms with E-state index < -0.39 is 5.91 Å². The minimum absolute atomic E-state index is 0.0340. The van der Waals surface area contributed by atoms with E-state index in [2.05, 4.69) is 5.32 Å². The Morgan fingerprint density at radius 3 is 2.81 bits per heavy atom. The molecule has 1 rings (SSSR count). The number of hydrogen-bond acceptors (Lipinski definition) is 4. The van der Waals surface area contributed by atoms with Gasteiger partial charge in [-0.1, -0.05) is 6.07 Å². The number of hydrogen-bond donors (Lipinski definition) is 2. The van der Waals surface area contributed by atoms with Gasteiger partial charge >= 0.3 is 5.97 Å². The first-order chi connectivity index (χ1) is 7.63. The number of carbonyl (C=O) groups excluding carboxylic acids is 2. The number of amides is 1. The largest absolute Gasteiger partial charge is 0.462 e. The van der Waals surface area contributed by atoms with Gasteiger partial charge in [0.1, 0.15) is 0 Å².